The lowest BCUT2D eigenvalue weighted by atomic mass is 9.94. The summed E-state index contributed by atoms with van der Waals surface area (Å²) in [6, 6.07) is 0.618. The van der Waals surface area contributed by atoms with Gasteiger partial charge < -0.3 is 10.1 Å². The summed E-state index contributed by atoms with van der Waals surface area (Å²) >= 11 is 2.00. The van der Waals surface area contributed by atoms with E-state index in [4.69, 9.17) is 4.74 Å². The van der Waals surface area contributed by atoms with Crippen molar-refractivity contribution < 1.29 is 4.74 Å². The fraction of sp³-hybridized carbons (Fsp3) is 0.688. The molecule has 20 heavy (non-hydrogen) atoms. The predicted molar refractivity (Wildman–Crippen MR) is 86.7 cm³/mol. The van der Waals surface area contributed by atoms with Gasteiger partial charge in [0.2, 0.25) is 0 Å². The molecule has 1 aliphatic rings. The Morgan fingerprint density at radius 3 is 2.80 bits per heavy atom. The first-order valence-corrected chi connectivity index (χ1v) is 8.71. The predicted octanol–water partition coefficient (Wildman–Crippen LogP) is 3.47. The number of methoxy groups -OCH3 is 1. The SMILES string of the molecule is COc1c(C)cnc(CNC2CCCCC2SC)c1C. The van der Waals surface area contributed by atoms with Crippen LogP contribution in [0.15, 0.2) is 6.20 Å². The Kier molecular flexibility index (Phi) is 5.73. The summed E-state index contributed by atoms with van der Waals surface area (Å²) in [4.78, 5) is 4.57. The van der Waals surface area contributed by atoms with Gasteiger partial charge in [-0.2, -0.15) is 11.8 Å². The fourth-order valence-corrected chi connectivity index (χ4v) is 4.05. The zero-order valence-electron chi connectivity index (χ0n) is 13.0. The number of ether oxygens (including phenoxy) is 1. The summed E-state index contributed by atoms with van der Waals surface area (Å²) in [6.07, 6.45) is 9.48. The number of hydrogen-bond acceptors (Lipinski definition) is 4. The number of rotatable bonds is 5. The number of aromatic nitrogens is 1. The van der Waals surface area contributed by atoms with Crippen molar-refractivity contribution in [2.75, 3.05) is 13.4 Å². The first-order valence-electron chi connectivity index (χ1n) is 7.42. The van der Waals surface area contributed by atoms with Gasteiger partial charge in [-0.15, -0.1) is 0 Å². The highest BCUT2D eigenvalue weighted by molar-refractivity contribution is 7.99. The van der Waals surface area contributed by atoms with E-state index < -0.39 is 0 Å². The molecule has 1 fully saturated rings. The molecule has 4 heteroatoms. The molecule has 0 radical (unpaired) electrons. The minimum Gasteiger partial charge on any atom is -0.496 e. The van der Waals surface area contributed by atoms with Crippen molar-refractivity contribution >= 4 is 11.8 Å². The van der Waals surface area contributed by atoms with Crippen LogP contribution in [0.3, 0.4) is 0 Å². The first-order chi connectivity index (χ1) is 9.67. The van der Waals surface area contributed by atoms with E-state index in [1.165, 1.54) is 25.7 Å². The zero-order valence-corrected chi connectivity index (χ0v) is 13.8. The molecular weight excluding hydrogens is 268 g/mol. The van der Waals surface area contributed by atoms with Crippen LogP contribution in [0.4, 0.5) is 0 Å². The summed E-state index contributed by atoms with van der Waals surface area (Å²) in [5.74, 6) is 0.974. The van der Waals surface area contributed by atoms with Crippen molar-refractivity contribution in [2.24, 2.45) is 0 Å². The summed E-state index contributed by atoms with van der Waals surface area (Å²) in [6.45, 7) is 4.98. The number of nitrogens with zero attached hydrogens (tertiary/aromatic N) is 1. The van der Waals surface area contributed by atoms with E-state index in [0.717, 1.165) is 34.4 Å². The molecular formula is C16H26N2OS. The second kappa shape index (κ2) is 7.32. The molecule has 2 rings (SSSR count). The van der Waals surface area contributed by atoms with Crippen LogP contribution in [-0.2, 0) is 6.54 Å². The number of aryl methyl sites for hydroxylation is 1. The van der Waals surface area contributed by atoms with Crippen molar-refractivity contribution in [3.8, 4) is 5.75 Å². The van der Waals surface area contributed by atoms with Crippen molar-refractivity contribution in [1.29, 1.82) is 0 Å². The Morgan fingerprint density at radius 2 is 2.10 bits per heavy atom. The maximum atomic E-state index is 5.48. The Labute approximate surface area is 126 Å². The van der Waals surface area contributed by atoms with Gasteiger partial charge in [-0.1, -0.05) is 12.8 Å². The smallest absolute Gasteiger partial charge is 0.128 e. The molecule has 0 amide bonds. The second-order valence-corrected chi connectivity index (χ2v) is 6.67. The van der Waals surface area contributed by atoms with Crippen LogP contribution in [0, 0.1) is 13.8 Å². The van der Waals surface area contributed by atoms with Crippen molar-refractivity contribution in [2.45, 2.75) is 57.4 Å². The maximum absolute atomic E-state index is 5.48. The van der Waals surface area contributed by atoms with Gasteiger partial charge in [-0.25, -0.2) is 0 Å². The molecule has 1 N–H and O–H groups in total. The van der Waals surface area contributed by atoms with Crippen LogP contribution in [0.25, 0.3) is 0 Å². The van der Waals surface area contributed by atoms with Crippen LogP contribution in [0.1, 0.15) is 42.5 Å². The van der Waals surface area contributed by atoms with E-state index in [2.05, 4.69) is 23.5 Å². The van der Waals surface area contributed by atoms with E-state index in [1.807, 2.05) is 24.9 Å². The van der Waals surface area contributed by atoms with Gasteiger partial charge in [0.25, 0.3) is 0 Å². The van der Waals surface area contributed by atoms with Gasteiger partial charge in [0.05, 0.1) is 12.8 Å². The summed E-state index contributed by atoms with van der Waals surface area (Å²) in [5.41, 5.74) is 3.38. The molecule has 2 unspecified atom stereocenters. The van der Waals surface area contributed by atoms with Gasteiger partial charge >= 0.3 is 0 Å². The second-order valence-electron chi connectivity index (χ2n) is 5.59. The Hall–Kier alpha value is -0.740. The average molecular weight is 294 g/mol. The molecule has 1 aromatic rings. The van der Waals surface area contributed by atoms with Crippen LogP contribution in [0.2, 0.25) is 0 Å². The molecule has 2 atom stereocenters. The fourth-order valence-electron chi connectivity index (χ4n) is 3.09. The first kappa shape index (κ1) is 15.6. The highest BCUT2D eigenvalue weighted by Crippen LogP contribution is 2.28. The van der Waals surface area contributed by atoms with E-state index in [-0.39, 0.29) is 0 Å². The monoisotopic (exact) mass is 294 g/mol. The normalized spacial score (nSPS) is 22.8. The minimum absolute atomic E-state index is 0.618. The lowest BCUT2D eigenvalue weighted by Gasteiger charge is -2.31. The van der Waals surface area contributed by atoms with Crippen LogP contribution < -0.4 is 10.1 Å². The molecule has 112 valence electrons. The van der Waals surface area contributed by atoms with Gasteiger partial charge in [0.15, 0.2) is 0 Å². The van der Waals surface area contributed by atoms with Gasteiger partial charge in [0, 0.05) is 35.2 Å². The highest BCUT2D eigenvalue weighted by atomic mass is 32.2. The maximum Gasteiger partial charge on any atom is 0.128 e. The lowest BCUT2D eigenvalue weighted by Crippen LogP contribution is -2.40. The number of hydrogen-bond donors (Lipinski definition) is 1. The Balaban J connectivity index is 2.03. The van der Waals surface area contributed by atoms with E-state index in [0.29, 0.717) is 6.04 Å². The third kappa shape index (κ3) is 3.47. The molecule has 0 aliphatic heterocycles. The molecule has 1 aliphatic carbocycles. The molecule has 0 bridgehead atoms. The van der Waals surface area contributed by atoms with Crippen LogP contribution in [0.5, 0.6) is 5.75 Å². The Morgan fingerprint density at radius 1 is 1.35 bits per heavy atom. The molecule has 1 aromatic heterocycles. The largest absolute Gasteiger partial charge is 0.496 e. The third-order valence-electron chi connectivity index (χ3n) is 4.29. The highest BCUT2D eigenvalue weighted by Gasteiger charge is 2.24. The summed E-state index contributed by atoms with van der Waals surface area (Å²) in [5, 5.41) is 4.46. The lowest BCUT2D eigenvalue weighted by molar-refractivity contribution is 0.379. The minimum atomic E-state index is 0.618. The van der Waals surface area contributed by atoms with Crippen molar-refractivity contribution in [1.82, 2.24) is 10.3 Å². The topological polar surface area (TPSA) is 34.1 Å². The van der Waals surface area contributed by atoms with Gasteiger partial charge in [0.1, 0.15) is 5.75 Å². The number of thioether (sulfide) groups is 1. The number of nitrogens with one attached hydrogen (secondary N) is 1. The van der Waals surface area contributed by atoms with E-state index >= 15 is 0 Å². The van der Waals surface area contributed by atoms with Gasteiger partial charge in [-0.05, 0) is 32.9 Å². The number of pyridine rings is 1. The molecule has 0 spiro atoms. The zero-order chi connectivity index (χ0) is 14.5. The van der Waals surface area contributed by atoms with E-state index in [9.17, 15) is 0 Å². The molecule has 0 aromatic carbocycles. The van der Waals surface area contributed by atoms with Crippen LogP contribution in [-0.4, -0.2) is 29.6 Å². The van der Waals surface area contributed by atoms with Crippen LogP contribution >= 0.6 is 11.8 Å². The van der Waals surface area contributed by atoms with E-state index in [1.54, 1.807) is 7.11 Å². The molecule has 1 heterocycles. The summed E-state index contributed by atoms with van der Waals surface area (Å²) in [7, 11) is 1.73. The summed E-state index contributed by atoms with van der Waals surface area (Å²) < 4.78 is 5.48. The molecule has 3 nitrogen and oxygen atoms in total. The average Bonchev–Trinajstić information content (AvgIpc) is 2.47. The van der Waals surface area contributed by atoms with Crippen molar-refractivity contribution in [3.63, 3.8) is 0 Å². The van der Waals surface area contributed by atoms with Crippen molar-refractivity contribution in [3.05, 3.63) is 23.0 Å². The third-order valence-corrected chi connectivity index (χ3v) is 5.46. The molecule has 1 saturated carbocycles. The standard InChI is InChI=1S/C16H26N2OS/c1-11-9-17-14(12(2)16(11)19-3)10-18-13-7-5-6-8-15(13)20-4/h9,13,15,18H,5-8,10H2,1-4H3. The quantitative estimate of drug-likeness (QED) is 0.901. The molecule has 0 saturated heterocycles. The van der Waals surface area contributed by atoms with Gasteiger partial charge in [-0.3, -0.25) is 4.98 Å². The Bertz CT molecular complexity index is 450.